The number of benzene rings is 1. The molecule has 2 heterocycles. The molecule has 1 atom stereocenters. The van der Waals surface area contributed by atoms with Gasteiger partial charge in [0.25, 0.3) is 0 Å². The summed E-state index contributed by atoms with van der Waals surface area (Å²) in [6.45, 7) is 6.61. The first-order valence-electron chi connectivity index (χ1n) is 12.0. The maximum atomic E-state index is 13.0. The normalized spacial score (nSPS) is 18.7. The largest absolute Gasteiger partial charge is 0.507 e. The zero-order valence-electron chi connectivity index (χ0n) is 20.2. The molecule has 1 aliphatic carbocycles. The zero-order chi connectivity index (χ0) is 25.4. The summed E-state index contributed by atoms with van der Waals surface area (Å²) in [5, 5.41) is 22.5. The number of nitrogens with zero attached hydrogens (tertiary/aromatic N) is 3. The Morgan fingerprint density at radius 3 is 2.49 bits per heavy atom. The molecule has 2 N–H and O–H groups in total. The van der Waals surface area contributed by atoms with Gasteiger partial charge in [0, 0.05) is 30.3 Å². The van der Waals surface area contributed by atoms with E-state index in [-0.39, 0.29) is 17.7 Å². The summed E-state index contributed by atoms with van der Waals surface area (Å²) < 4.78 is 44.6. The van der Waals surface area contributed by atoms with Crippen LogP contribution in [0.15, 0.2) is 18.2 Å². The van der Waals surface area contributed by atoms with E-state index in [1.54, 1.807) is 4.90 Å². The molecule has 2 aliphatic rings. The highest BCUT2D eigenvalue weighted by Crippen LogP contribution is 2.40. The van der Waals surface area contributed by atoms with Crippen molar-refractivity contribution >= 4 is 11.9 Å². The van der Waals surface area contributed by atoms with E-state index in [2.05, 4.69) is 15.5 Å². The topological polar surface area (TPSA) is 87.6 Å². The van der Waals surface area contributed by atoms with Gasteiger partial charge in [0.05, 0.1) is 5.56 Å². The number of aromatic hydroxyl groups is 1. The van der Waals surface area contributed by atoms with E-state index in [1.165, 1.54) is 6.07 Å². The van der Waals surface area contributed by atoms with E-state index in [0.29, 0.717) is 31.0 Å². The summed E-state index contributed by atoms with van der Waals surface area (Å²) in [6.07, 6.45) is 0.130. The molecule has 1 amide bonds. The Morgan fingerprint density at radius 2 is 1.83 bits per heavy atom. The molecule has 7 nitrogen and oxygen atoms in total. The number of carbonyl (C=O) groups is 1. The van der Waals surface area contributed by atoms with Crippen molar-refractivity contribution in [2.45, 2.75) is 77.1 Å². The number of hydrogen-bond acceptors (Lipinski definition) is 6. The van der Waals surface area contributed by atoms with Crippen molar-refractivity contribution in [3.63, 3.8) is 0 Å². The van der Waals surface area contributed by atoms with Crippen molar-refractivity contribution < 1.29 is 27.8 Å². The Bertz CT molecular complexity index is 1100. The number of fused-ring (bicyclic) bond motifs is 1. The van der Waals surface area contributed by atoms with Gasteiger partial charge < -0.3 is 20.1 Å². The third kappa shape index (κ3) is 5.79. The van der Waals surface area contributed by atoms with E-state index < -0.39 is 23.1 Å². The van der Waals surface area contributed by atoms with Crippen LogP contribution in [0.25, 0.3) is 11.3 Å². The quantitative estimate of drug-likeness (QED) is 0.584. The van der Waals surface area contributed by atoms with Crippen molar-refractivity contribution in [1.82, 2.24) is 15.1 Å². The minimum Gasteiger partial charge on any atom is -0.507 e. The fourth-order valence-electron chi connectivity index (χ4n) is 4.67. The highest BCUT2D eigenvalue weighted by atomic mass is 19.4. The van der Waals surface area contributed by atoms with E-state index in [4.69, 9.17) is 4.74 Å². The smallest absolute Gasteiger partial charge is 0.416 e. The second-order valence-corrected chi connectivity index (χ2v) is 10.2. The highest BCUT2D eigenvalue weighted by molar-refractivity contribution is 5.73. The Hall–Kier alpha value is -3.04. The Labute approximate surface area is 202 Å². The maximum absolute atomic E-state index is 13.0. The zero-order valence-corrected chi connectivity index (χ0v) is 20.2. The summed E-state index contributed by atoms with van der Waals surface area (Å²) in [4.78, 5) is 14.2. The van der Waals surface area contributed by atoms with Crippen LogP contribution in [0, 0.1) is 0 Å². The van der Waals surface area contributed by atoms with Crippen molar-refractivity contribution in [2.75, 3.05) is 18.4 Å². The molecule has 1 aliphatic heterocycles. The molecule has 2 aromatic rings. The number of anilines is 1. The molecule has 0 spiro atoms. The van der Waals surface area contributed by atoms with Crippen LogP contribution in [-0.2, 0) is 23.8 Å². The van der Waals surface area contributed by atoms with Crippen LogP contribution in [0.2, 0.25) is 0 Å². The first kappa shape index (κ1) is 25.1. The first-order valence-corrected chi connectivity index (χ1v) is 12.0. The Morgan fingerprint density at radius 1 is 1.11 bits per heavy atom. The number of alkyl halides is 3. The number of likely N-dealkylation sites (tertiary alicyclic amines) is 1. The standard InChI is InChI=1S/C25H31F3N4O3/c1-24(2,3)35-23(34)32-12-6-7-16(14-32)29-22-18-9-5-4-8-17(18)21(30-31-22)19-11-10-15(13-20(19)33)25(26,27)28/h10-11,13,16,33H,4-9,12,14H2,1-3H3,(H,29,31). The summed E-state index contributed by atoms with van der Waals surface area (Å²) >= 11 is 0. The van der Waals surface area contributed by atoms with Gasteiger partial charge >= 0.3 is 12.3 Å². The molecule has 35 heavy (non-hydrogen) atoms. The molecular weight excluding hydrogens is 461 g/mol. The average molecular weight is 493 g/mol. The minimum absolute atomic E-state index is 0.0260. The van der Waals surface area contributed by atoms with Crippen LogP contribution >= 0.6 is 0 Å². The predicted octanol–water partition coefficient (Wildman–Crippen LogP) is 5.56. The van der Waals surface area contributed by atoms with Gasteiger partial charge in [-0.15, -0.1) is 10.2 Å². The summed E-state index contributed by atoms with van der Waals surface area (Å²) in [6, 6.07) is 2.91. The summed E-state index contributed by atoms with van der Waals surface area (Å²) in [5.74, 6) is 0.161. The van der Waals surface area contributed by atoms with Crippen molar-refractivity contribution in [3.8, 4) is 17.0 Å². The number of halogens is 3. The van der Waals surface area contributed by atoms with E-state index >= 15 is 0 Å². The Kier molecular flexibility index (Phi) is 6.83. The molecule has 1 unspecified atom stereocenters. The highest BCUT2D eigenvalue weighted by Gasteiger charge is 2.32. The number of piperidine rings is 1. The van der Waals surface area contributed by atoms with E-state index in [1.807, 2.05) is 20.8 Å². The SMILES string of the molecule is CC(C)(C)OC(=O)N1CCCC(Nc2nnc(-c3ccc(C(F)(F)F)cc3O)c3c2CCCC3)C1. The second-order valence-electron chi connectivity index (χ2n) is 10.2. The van der Waals surface area contributed by atoms with Crippen LogP contribution in [0.3, 0.4) is 0 Å². The predicted molar refractivity (Wildman–Crippen MR) is 125 cm³/mol. The number of carbonyl (C=O) groups excluding carboxylic acids is 1. The number of hydrogen-bond donors (Lipinski definition) is 2. The number of rotatable bonds is 3. The molecule has 0 radical (unpaired) electrons. The van der Waals surface area contributed by atoms with Gasteiger partial charge in [0.1, 0.15) is 17.0 Å². The van der Waals surface area contributed by atoms with Gasteiger partial charge in [-0.3, -0.25) is 0 Å². The second kappa shape index (κ2) is 9.54. The number of aromatic nitrogens is 2. The molecule has 1 saturated heterocycles. The van der Waals surface area contributed by atoms with Gasteiger partial charge in [-0.2, -0.15) is 13.2 Å². The van der Waals surface area contributed by atoms with Crippen LogP contribution in [0.1, 0.15) is 63.1 Å². The number of phenols is 1. The molecule has 0 bridgehead atoms. The number of amides is 1. The number of ether oxygens (including phenoxy) is 1. The fourth-order valence-corrected chi connectivity index (χ4v) is 4.67. The van der Waals surface area contributed by atoms with Gasteiger partial charge in [-0.05, 0) is 83.1 Å². The molecule has 1 fully saturated rings. The van der Waals surface area contributed by atoms with Gasteiger partial charge in [-0.1, -0.05) is 0 Å². The van der Waals surface area contributed by atoms with Crippen molar-refractivity contribution in [2.24, 2.45) is 0 Å². The number of nitrogens with one attached hydrogen (secondary N) is 1. The number of phenolic OH excluding ortho intramolecular Hbond substituents is 1. The molecule has 0 saturated carbocycles. The van der Waals surface area contributed by atoms with E-state index in [9.17, 15) is 23.1 Å². The van der Waals surface area contributed by atoms with Gasteiger partial charge in [0.2, 0.25) is 0 Å². The lowest BCUT2D eigenvalue weighted by Gasteiger charge is -2.35. The minimum atomic E-state index is -4.54. The molecule has 1 aromatic carbocycles. The Balaban J connectivity index is 1.58. The lowest BCUT2D eigenvalue weighted by atomic mass is 9.88. The summed E-state index contributed by atoms with van der Waals surface area (Å²) in [7, 11) is 0. The molecular formula is C25H31F3N4O3. The van der Waals surface area contributed by atoms with Crippen LogP contribution in [-0.4, -0.2) is 51.0 Å². The maximum Gasteiger partial charge on any atom is 0.416 e. The lowest BCUT2D eigenvalue weighted by Crippen LogP contribution is -2.47. The molecule has 10 heteroatoms. The van der Waals surface area contributed by atoms with Gasteiger partial charge in [0.15, 0.2) is 5.82 Å². The molecule has 190 valence electrons. The molecule has 1 aromatic heterocycles. The average Bonchev–Trinajstić information content (AvgIpc) is 2.78. The lowest BCUT2D eigenvalue weighted by molar-refractivity contribution is -0.137. The van der Waals surface area contributed by atoms with Crippen LogP contribution in [0.4, 0.5) is 23.8 Å². The van der Waals surface area contributed by atoms with Crippen molar-refractivity contribution in [1.29, 1.82) is 0 Å². The van der Waals surface area contributed by atoms with Crippen LogP contribution in [0.5, 0.6) is 5.75 Å². The summed E-state index contributed by atoms with van der Waals surface area (Å²) in [5.41, 5.74) is 1.03. The van der Waals surface area contributed by atoms with Gasteiger partial charge in [-0.25, -0.2) is 4.79 Å². The van der Waals surface area contributed by atoms with Crippen molar-refractivity contribution in [3.05, 3.63) is 34.9 Å². The van der Waals surface area contributed by atoms with Crippen LogP contribution < -0.4 is 5.32 Å². The third-order valence-corrected chi connectivity index (χ3v) is 6.28. The fraction of sp³-hybridized carbons (Fsp3) is 0.560. The monoisotopic (exact) mass is 492 g/mol. The third-order valence-electron chi connectivity index (χ3n) is 6.28. The van der Waals surface area contributed by atoms with E-state index in [0.717, 1.165) is 55.4 Å². The molecule has 4 rings (SSSR count). The first-order chi connectivity index (χ1) is 16.4.